The molecule has 0 amide bonds. The number of nitrogens with one attached hydrogen (secondary N) is 1. The van der Waals surface area contributed by atoms with Gasteiger partial charge in [-0.15, -0.1) is 0 Å². The number of pyridine rings is 2. The van der Waals surface area contributed by atoms with Gasteiger partial charge >= 0.3 is 0 Å². The summed E-state index contributed by atoms with van der Waals surface area (Å²) in [6.07, 6.45) is 25.6. The summed E-state index contributed by atoms with van der Waals surface area (Å²) in [5.41, 5.74) is 6.38. The lowest BCUT2D eigenvalue weighted by Gasteiger charge is -2.03. The Kier molecular flexibility index (Phi) is 28.3. The summed E-state index contributed by atoms with van der Waals surface area (Å²) in [5, 5.41) is 0. The van der Waals surface area contributed by atoms with E-state index in [2.05, 4.69) is 166 Å². The number of rotatable bonds is 13. The van der Waals surface area contributed by atoms with Crippen LogP contribution >= 0.6 is 0 Å². The monoisotopic (exact) mass is 805 g/mol. The zero-order valence-electron chi connectivity index (χ0n) is 39.1. The maximum atomic E-state index is 4.22. The maximum Gasteiger partial charge on any atom is 0.0946 e. The fraction of sp³-hybridized carbons (Fsp3) is 0.510. The van der Waals surface area contributed by atoms with E-state index in [0.717, 1.165) is 50.0 Å². The van der Waals surface area contributed by atoms with Crippen LogP contribution in [0.3, 0.4) is 0 Å². The molecular formula is C51H80N8. The second-order valence-electron chi connectivity index (χ2n) is 17.7. The fourth-order valence-corrected chi connectivity index (χ4v) is 5.67. The first-order valence-electron chi connectivity index (χ1n) is 21.8. The number of benzene rings is 1. The molecule has 0 radical (unpaired) electrons. The van der Waals surface area contributed by atoms with Crippen LogP contribution in [0.25, 0.3) is 0 Å². The number of aromatic amines is 1. The van der Waals surface area contributed by atoms with Crippen molar-refractivity contribution < 1.29 is 0 Å². The first-order valence-corrected chi connectivity index (χ1v) is 21.8. The van der Waals surface area contributed by atoms with Crippen molar-refractivity contribution in [2.24, 2.45) is 42.6 Å². The van der Waals surface area contributed by atoms with Gasteiger partial charge in [0.05, 0.1) is 24.7 Å². The molecule has 59 heavy (non-hydrogen) atoms. The van der Waals surface area contributed by atoms with Crippen LogP contribution in [0, 0.1) is 35.5 Å². The molecule has 1 N–H and O–H groups in total. The molecule has 8 nitrogen and oxygen atoms in total. The van der Waals surface area contributed by atoms with Gasteiger partial charge in [0, 0.05) is 68.4 Å². The molecule has 0 atom stereocenters. The van der Waals surface area contributed by atoms with Gasteiger partial charge in [-0.25, -0.2) is 15.0 Å². The molecule has 0 aliphatic rings. The minimum Gasteiger partial charge on any atom is -0.348 e. The molecule has 5 heterocycles. The second kappa shape index (κ2) is 32.1. The van der Waals surface area contributed by atoms with E-state index in [4.69, 9.17) is 0 Å². The van der Waals surface area contributed by atoms with Crippen molar-refractivity contribution in [1.29, 1.82) is 0 Å². The third-order valence-corrected chi connectivity index (χ3v) is 8.28. The van der Waals surface area contributed by atoms with Crippen molar-refractivity contribution in [2.75, 3.05) is 0 Å². The highest BCUT2D eigenvalue weighted by atomic mass is 15.0. The Labute approximate surface area is 359 Å². The lowest BCUT2D eigenvalue weighted by Crippen LogP contribution is -1.98. The lowest BCUT2D eigenvalue weighted by molar-refractivity contribution is 0.516. The van der Waals surface area contributed by atoms with Crippen molar-refractivity contribution >= 4 is 0 Å². The van der Waals surface area contributed by atoms with Gasteiger partial charge in [0.25, 0.3) is 0 Å². The van der Waals surface area contributed by atoms with Gasteiger partial charge in [0.1, 0.15) is 0 Å². The number of aryl methyl sites for hydroxylation is 2. The van der Waals surface area contributed by atoms with E-state index in [1.807, 2.05) is 79.6 Å². The lowest BCUT2D eigenvalue weighted by atomic mass is 10.0. The highest BCUT2D eigenvalue weighted by Crippen LogP contribution is 2.08. The Bertz CT molecular complexity index is 1630. The van der Waals surface area contributed by atoms with E-state index in [9.17, 15) is 0 Å². The molecule has 8 heteroatoms. The number of imidazole rings is 3. The number of aromatic nitrogens is 8. The Morgan fingerprint density at radius 2 is 1.12 bits per heavy atom. The smallest absolute Gasteiger partial charge is 0.0946 e. The third kappa shape index (κ3) is 30.8. The highest BCUT2D eigenvalue weighted by Gasteiger charge is 2.00. The average molecular weight is 805 g/mol. The normalized spacial score (nSPS) is 10.5. The van der Waals surface area contributed by atoms with Gasteiger partial charge in [-0.05, 0) is 103 Å². The standard InChI is InChI=1S/C10H14.2C9H13N.2C8H14N2.C7H12N2/c1-9(2)8-10-6-4-3-5-7-10;1-8(2)6-9-4-3-5-10-7-9;1-8(2)7-9-5-3-4-6-10-9;1-7(2)4-8-5-10(3)6-9-8;1-8(2)3-5-10-6-4-9-7-10;1-6(2)3-7-4-8-5-9-7/h3-7,9H,8H2,1-2H3;3-5,7-8H,6H2,1-2H3;3-6,8H,7H2,1-2H3;5-7H,4H2,1-3H3;4,6-8H,3,5H2,1-2H3;4-6H,3H2,1-2H3,(H,8,9). The van der Waals surface area contributed by atoms with E-state index in [-0.39, 0.29) is 0 Å². The molecule has 324 valence electrons. The first-order chi connectivity index (χ1) is 28.1. The van der Waals surface area contributed by atoms with Gasteiger partial charge in [-0.3, -0.25) is 9.97 Å². The summed E-state index contributed by atoms with van der Waals surface area (Å²) in [6.45, 7) is 27.7. The summed E-state index contributed by atoms with van der Waals surface area (Å²) >= 11 is 0. The molecule has 0 aliphatic heterocycles. The van der Waals surface area contributed by atoms with E-state index in [1.54, 1.807) is 6.33 Å². The van der Waals surface area contributed by atoms with Crippen molar-refractivity contribution in [1.82, 2.24) is 39.0 Å². The zero-order chi connectivity index (χ0) is 43.8. The van der Waals surface area contributed by atoms with Crippen LogP contribution in [-0.4, -0.2) is 39.0 Å². The fourth-order valence-electron chi connectivity index (χ4n) is 5.67. The third-order valence-electron chi connectivity index (χ3n) is 8.28. The predicted molar refractivity (Wildman–Crippen MR) is 251 cm³/mol. The van der Waals surface area contributed by atoms with E-state index in [0.29, 0.717) is 17.8 Å². The molecule has 0 saturated heterocycles. The number of hydrogen-bond acceptors (Lipinski definition) is 5. The van der Waals surface area contributed by atoms with Crippen molar-refractivity contribution in [3.8, 4) is 0 Å². The first kappa shape index (κ1) is 52.2. The summed E-state index contributed by atoms with van der Waals surface area (Å²) in [4.78, 5) is 23.4. The minimum atomic E-state index is 0.704. The van der Waals surface area contributed by atoms with Crippen LogP contribution in [0.4, 0.5) is 0 Å². The number of nitrogens with zero attached hydrogens (tertiary/aromatic N) is 7. The molecular weight excluding hydrogens is 725 g/mol. The van der Waals surface area contributed by atoms with Crippen LogP contribution < -0.4 is 0 Å². The van der Waals surface area contributed by atoms with Crippen molar-refractivity contribution in [3.05, 3.63) is 151 Å². The van der Waals surface area contributed by atoms with Gasteiger partial charge in [0.15, 0.2) is 0 Å². The average Bonchev–Trinajstić information content (AvgIpc) is 3.97. The SMILES string of the molecule is CC(C)CCn1ccnc1.CC(C)Cc1ccccc1.CC(C)Cc1ccccn1.CC(C)Cc1cccnc1.CC(C)Cc1cn(C)cn1.CC(C)Cc1cnc[nH]1. The topological polar surface area (TPSA) is 90.1 Å². The van der Waals surface area contributed by atoms with Crippen LogP contribution in [-0.2, 0) is 45.7 Å². The Morgan fingerprint density at radius 1 is 0.508 bits per heavy atom. The molecule has 5 aromatic heterocycles. The molecule has 0 saturated carbocycles. The molecule has 0 bridgehead atoms. The molecule has 6 aromatic rings. The molecule has 0 fully saturated rings. The Morgan fingerprint density at radius 3 is 1.59 bits per heavy atom. The second-order valence-corrected chi connectivity index (χ2v) is 17.7. The van der Waals surface area contributed by atoms with Crippen LogP contribution in [0.15, 0.2) is 123 Å². The Hall–Kier alpha value is -4.85. The summed E-state index contributed by atoms with van der Waals surface area (Å²) in [5.74, 6) is 4.39. The summed E-state index contributed by atoms with van der Waals surface area (Å²) in [7, 11) is 2.00. The minimum absolute atomic E-state index is 0.704. The molecule has 6 rings (SSSR count). The quantitative estimate of drug-likeness (QED) is 0.126. The van der Waals surface area contributed by atoms with E-state index in [1.165, 1.54) is 41.1 Å². The maximum absolute atomic E-state index is 4.22. The predicted octanol–water partition coefficient (Wildman–Crippen LogP) is 12.6. The molecule has 0 spiro atoms. The Balaban J connectivity index is 0.000000354. The van der Waals surface area contributed by atoms with Crippen LogP contribution in [0.1, 0.15) is 118 Å². The summed E-state index contributed by atoms with van der Waals surface area (Å²) < 4.78 is 4.09. The van der Waals surface area contributed by atoms with Gasteiger partial charge in [-0.2, -0.15) is 0 Å². The van der Waals surface area contributed by atoms with E-state index >= 15 is 0 Å². The number of H-pyrrole nitrogens is 1. The van der Waals surface area contributed by atoms with Gasteiger partial charge < -0.3 is 14.1 Å². The molecule has 0 aliphatic carbocycles. The van der Waals surface area contributed by atoms with Crippen LogP contribution in [0.5, 0.6) is 0 Å². The largest absolute Gasteiger partial charge is 0.348 e. The van der Waals surface area contributed by atoms with Crippen molar-refractivity contribution in [2.45, 2.75) is 128 Å². The van der Waals surface area contributed by atoms with Gasteiger partial charge in [0.2, 0.25) is 0 Å². The molecule has 1 aromatic carbocycles. The van der Waals surface area contributed by atoms with E-state index < -0.39 is 0 Å². The van der Waals surface area contributed by atoms with Crippen LogP contribution in [0.2, 0.25) is 0 Å². The summed E-state index contributed by atoms with van der Waals surface area (Å²) in [6, 6.07) is 20.8. The number of hydrogen-bond donors (Lipinski definition) is 1. The molecule has 0 unspecified atom stereocenters. The van der Waals surface area contributed by atoms with Crippen molar-refractivity contribution in [3.63, 3.8) is 0 Å². The van der Waals surface area contributed by atoms with Gasteiger partial charge in [-0.1, -0.05) is 126 Å². The highest BCUT2D eigenvalue weighted by molar-refractivity contribution is 5.15. The zero-order valence-corrected chi connectivity index (χ0v) is 39.1.